The molecule has 0 heterocycles. The van der Waals surface area contributed by atoms with Crippen molar-refractivity contribution < 1.29 is 75.6 Å². The number of phosphoric acid groups is 1. The Morgan fingerprint density at radius 3 is 1.86 bits per heavy atom. The van der Waals surface area contributed by atoms with Crippen LogP contribution < -0.4 is 47.5 Å². The van der Waals surface area contributed by atoms with Gasteiger partial charge in [-0.2, -0.15) is 0 Å². The standard InChI is InChI=1S/C10H19O8P.2Li/c1-9(2)10(11)17-7-5-15-3-4-16-6-8-18-19(12,13)14;;/h1,3-8H2,2H3,(H2,12,13,14);;/q;2*+1/p-2. The van der Waals surface area contributed by atoms with Crippen molar-refractivity contribution in [3.8, 4) is 0 Å². The van der Waals surface area contributed by atoms with Crippen LogP contribution in [0.3, 0.4) is 0 Å². The van der Waals surface area contributed by atoms with Crippen molar-refractivity contribution in [2.45, 2.75) is 6.92 Å². The van der Waals surface area contributed by atoms with Gasteiger partial charge in [-0.05, 0) is 6.92 Å². The fourth-order valence-electron chi connectivity index (χ4n) is 0.846. The molecule has 0 aromatic rings. The van der Waals surface area contributed by atoms with Crippen LogP contribution in [0.4, 0.5) is 0 Å². The molecule has 0 aliphatic carbocycles. The number of hydrogen-bond acceptors (Lipinski definition) is 8. The molecule has 0 saturated carbocycles. The van der Waals surface area contributed by atoms with Crippen LogP contribution in [-0.2, 0) is 28.1 Å². The van der Waals surface area contributed by atoms with E-state index in [-0.39, 0.29) is 77.4 Å². The minimum absolute atomic E-state index is 0. The number of hydrogen-bond donors (Lipinski definition) is 0. The van der Waals surface area contributed by atoms with Crippen molar-refractivity contribution in [2.24, 2.45) is 0 Å². The third kappa shape index (κ3) is 20.4. The Kier molecular flexibility index (Phi) is 19.2. The van der Waals surface area contributed by atoms with Gasteiger partial charge in [-0.15, -0.1) is 0 Å². The summed E-state index contributed by atoms with van der Waals surface area (Å²) in [5.41, 5.74) is 0.317. The second-order valence-corrected chi connectivity index (χ2v) is 4.57. The van der Waals surface area contributed by atoms with Crippen molar-refractivity contribution in [2.75, 3.05) is 39.6 Å². The molecule has 0 aliphatic rings. The summed E-state index contributed by atoms with van der Waals surface area (Å²) < 4.78 is 28.7. The van der Waals surface area contributed by atoms with Gasteiger partial charge in [-0.3, -0.25) is 0 Å². The Balaban J connectivity index is -0.00000162. The van der Waals surface area contributed by atoms with E-state index < -0.39 is 13.8 Å². The van der Waals surface area contributed by atoms with Gasteiger partial charge in [0.2, 0.25) is 0 Å². The van der Waals surface area contributed by atoms with E-state index in [1.165, 1.54) is 0 Å². The molecule has 0 unspecified atom stereocenters. The van der Waals surface area contributed by atoms with E-state index in [1.807, 2.05) is 0 Å². The molecule has 21 heavy (non-hydrogen) atoms. The monoisotopic (exact) mass is 310 g/mol. The predicted octanol–water partition coefficient (Wildman–Crippen LogP) is -7.01. The molecule has 8 nitrogen and oxygen atoms in total. The zero-order valence-electron chi connectivity index (χ0n) is 12.7. The summed E-state index contributed by atoms with van der Waals surface area (Å²) in [6, 6.07) is 0. The smallest absolute Gasteiger partial charge is 0.790 e. The van der Waals surface area contributed by atoms with Crippen LogP contribution in [0.15, 0.2) is 12.2 Å². The maximum Gasteiger partial charge on any atom is 1.00 e. The van der Waals surface area contributed by atoms with Crippen LogP contribution in [0.25, 0.3) is 0 Å². The number of ether oxygens (including phenoxy) is 3. The molecule has 0 aromatic carbocycles. The van der Waals surface area contributed by atoms with Crippen molar-refractivity contribution in [1.29, 1.82) is 0 Å². The van der Waals surface area contributed by atoms with Gasteiger partial charge < -0.3 is 33.1 Å². The maximum absolute atomic E-state index is 10.9. The zero-order chi connectivity index (χ0) is 14.7. The van der Waals surface area contributed by atoms with Crippen molar-refractivity contribution >= 4 is 13.8 Å². The van der Waals surface area contributed by atoms with Gasteiger partial charge in [-0.1, -0.05) is 6.58 Å². The average Bonchev–Trinajstić information content (AvgIpc) is 2.29. The SMILES string of the molecule is C=C(C)C(=O)OCCOCCOCCOP(=O)([O-])[O-].[Li+].[Li+]. The van der Waals surface area contributed by atoms with E-state index in [0.717, 1.165) is 0 Å². The molecule has 0 bridgehead atoms. The first-order chi connectivity index (χ1) is 8.83. The molecule has 0 rings (SSSR count). The van der Waals surface area contributed by atoms with E-state index >= 15 is 0 Å². The summed E-state index contributed by atoms with van der Waals surface area (Å²) in [6.45, 7) is 5.40. The molecular formula is C10H17Li2O8P. The van der Waals surface area contributed by atoms with Gasteiger partial charge in [0.25, 0.3) is 0 Å². The van der Waals surface area contributed by atoms with Gasteiger partial charge in [0.15, 0.2) is 0 Å². The van der Waals surface area contributed by atoms with E-state index in [1.54, 1.807) is 6.92 Å². The Morgan fingerprint density at radius 2 is 1.43 bits per heavy atom. The molecule has 0 N–H and O–H groups in total. The largest absolute Gasteiger partial charge is 1.00 e. The maximum atomic E-state index is 10.9. The van der Waals surface area contributed by atoms with Gasteiger partial charge in [0.05, 0.1) is 40.9 Å². The van der Waals surface area contributed by atoms with Crippen LogP contribution in [0.5, 0.6) is 0 Å². The predicted molar refractivity (Wildman–Crippen MR) is 61.0 cm³/mol. The van der Waals surface area contributed by atoms with Crippen LogP contribution >= 0.6 is 7.82 Å². The van der Waals surface area contributed by atoms with Crippen LogP contribution in [0.1, 0.15) is 6.92 Å². The van der Waals surface area contributed by atoms with Crippen molar-refractivity contribution in [3.05, 3.63) is 12.2 Å². The number of carbonyl (C=O) groups excluding carboxylic acids is 1. The summed E-state index contributed by atoms with van der Waals surface area (Å²) in [5, 5.41) is 0. The number of esters is 1. The Labute approximate surface area is 148 Å². The first-order valence-corrected chi connectivity index (χ1v) is 6.93. The van der Waals surface area contributed by atoms with Gasteiger partial charge in [0.1, 0.15) is 6.61 Å². The topological polar surface area (TPSA) is 117 Å². The van der Waals surface area contributed by atoms with Gasteiger partial charge in [-0.25, -0.2) is 4.79 Å². The van der Waals surface area contributed by atoms with E-state index in [4.69, 9.17) is 14.2 Å². The summed E-state index contributed by atoms with van der Waals surface area (Å²) in [7, 11) is -4.92. The molecular weight excluding hydrogens is 293 g/mol. The second kappa shape index (κ2) is 15.3. The van der Waals surface area contributed by atoms with Gasteiger partial charge in [0, 0.05) is 5.57 Å². The summed E-state index contributed by atoms with van der Waals surface area (Å²) >= 11 is 0. The number of phosphoric ester groups is 1. The van der Waals surface area contributed by atoms with Gasteiger partial charge >= 0.3 is 43.7 Å². The molecule has 0 spiro atoms. The van der Waals surface area contributed by atoms with E-state index in [9.17, 15) is 19.1 Å². The van der Waals surface area contributed by atoms with Crippen LogP contribution in [-0.4, -0.2) is 45.6 Å². The molecule has 0 amide bonds. The molecule has 0 atom stereocenters. The van der Waals surface area contributed by atoms with E-state index in [2.05, 4.69) is 11.1 Å². The molecule has 112 valence electrons. The molecule has 0 fully saturated rings. The first kappa shape index (κ1) is 26.3. The Hall–Kier alpha value is 0.435. The van der Waals surface area contributed by atoms with Crippen LogP contribution in [0.2, 0.25) is 0 Å². The Bertz CT molecular complexity index is 333. The minimum atomic E-state index is -4.92. The van der Waals surface area contributed by atoms with Crippen molar-refractivity contribution in [1.82, 2.24) is 0 Å². The third-order valence-corrected chi connectivity index (χ3v) is 2.16. The second-order valence-electron chi connectivity index (χ2n) is 3.42. The number of carbonyl (C=O) groups is 1. The first-order valence-electron chi connectivity index (χ1n) is 5.47. The molecule has 0 radical (unpaired) electrons. The number of rotatable bonds is 11. The fourth-order valence-corrected chi connectivity index (χ4v) is 1.14. The summed E-state index contributed by atoms with van der Waals surface area (Å²) in [4.78, 5) is 31.1. The minimum Gasteiger partial charge on any atom is -0.790 e. The van der Waals surface area contributed by atoms with Crippen LogP contribution in [0, 0.1) is 0 Å². The molecule has 11 heteroatoms. The average molecular weight is 310 g/mol. The molecule has 0 saturated heterocycles. The Morgan fingerprint density at radius 1 is 1.00 bits per heavy atom. The quantitative estimate of drug-likeness (QED) is 0.121. The van der Waals surface area contributed by atoms with E-state index in [0.29, 0.717) is 5.57 Å². The summed E-state index contributed by atoms with van der Waals surface area (Å²) in [5.74, 6) is -0.475. The normalized spacial score (nSPS) is 10.2. The molecule has 0 aliphatic heterocycles. The third-order valence-electron chi connectivity index (χ3n) is 1.66. The van der Waals surface area contributed by atoms with Crippen molar-refractivity contribution in [3.63, 3.8) is 0 Å². The fraction of sp³-hybridized carbons (Fsp3) is 0.700. The zero-order valence-corrected chi connectivity index (χ0v) is 13.6. The summed E-state index contributed by atoms with van der Waals surface area (Å²) in [6.07, 6.45) is 0. The molecule has 0 aromatic heterocycles.